The van der Waals surface area contributed by atoms with Crippen molar-refractivity contribution in [2.45, 2.75) is 51.6 Å². The number of aromatic nitrogens is 1. The maximum absolute atomic E-state index is 10.7. The van der Waals surface area contributed by atoms with Crippen LogP contribution in [0.4, 0.5) is 13.2 Å². The Hall–Kier alpha value is -2.03. The van der Waals surface area contributed by atoms with Crippen molar-refractivity contribution in [2.75, 3.05) is 0 Å². The summed E-state index contributed by atoms with van der Waals surface area (Å²) in [4.78, 5) is 0. The molecular formula is C17H20F3NO3S. The van der Waals surface area contributed by atoms with Crippen LogP contribution >= 0.6 is 0 Å². The zero-order valence-electron chi connectivity index (χ0n) is 14.1. The second-order valence-electron chi connectivity index (χ2n) is 4.76. The number of unbranched alkanes of at least 4 members (excludes halogenated alkanes) is 2. The Kier molecular flexibility index (Phi) is 10.6. The average Bonchev–Trinajstić information content (AvgIpc) is 2.52. The zero-order chi connectivity index (χ0) is 19.3. The van der Waals surface area contributed by atoms with Gasteiger partial charge in [0, 0.05) is 24.5 Å². The van der Waals surface area contributed by atoms with E-state index in [1.54, 1.807) is 0 Å². The van der Waals surface area contributed by atoms with Crippen molar-refractivity contribution >= 4 is 10.1 Å². The molecule has 0 aliphatic rings. The van der Waals surface area contributed by atoms with Crippen molar-refractivity contribution < 1.29 is 30.7 Å². The van der Waals surface area contributed by atoms with Crippen LogP contribution in [-0.4, -0.2) is 18.5 Å². The van der Waals surface area contributed by atoms with Crippen LogP contribution in [0.25, 0.3) is 0 Å². The molecule has 0 amide bonds. The number of nitrogens with zero attached hydrogens (tertiary/aromatic N) is 1. The van der Waals surface area contributed by atoms with E-state index in [0.29, 0.717) is 0 Å². The molecule has 0 aromatic carbocycles. The first kappa shape index (κ1) is 23.0. The molecule has 0 aliphatic heterocycles. The van der Waals surface area contributed by atoms with Gasteiger partial charge in [0.25, 0.3) is 5.69 Å². The molecule has 0 unspecified atom stereocenters. The van der Waals surface area contributed by atoms with Gasteiger partial charge in [0.2, 0.25) is 0 Å². The van der Waals surface area contributed by atoms with Crippen LogP contribution in [0.2, 0.25) is 0 Å². The largest absolute Gasteiger partial charge is 0.741 e. The summed E-state index contributed by atoms with van der Waals surface area (Å²) >= 11 is 0. The maximum Gasteiger partial charge on any atom is 0.485 e. The highest BCUT2D eigenvalue weighted by atomic mass is 32.2. The summed E-state index contributed by atoms with van der Waals surface area (Å²) in [5.74, 6) is 12.5. The summed E-state index contributed by atoms with van der Waals surface area (Å²) < 4.78 is 61.1. The molecule has 0 atom stereocenters. The second-order valence-corrected chi connectivity index (χ2v) is 6.13. The van der Waals surface area contributed by atoms with E-state index in [9.17, 15) is 13.2 Å². The number of alkyl halides is 3. The number of hydrogen-bond acceptors (Lipinski definition) is 3. The van der Waals surface area contributed by atoms with Crippen molar-refractivity contribution in [2.24, 2.45) is 0 Å². The van der Waals surface area contributed by atoms with Gasteiger partial charge < -0.3 is 4.55 Å². The van der Waals surface area contributed by atoms with E-state index in [4.69, 9.17) is 13.0 Å². The molecular weight excluding hydrogens is 355 g/mol. The molecule has 0 radical (unpaired) electrons. The van der Waals surface area contributed by atoms with E-state index in [1.165, 1.54) is 12.8 Å². The topological polar surface area (TPSA) is 61.1 Å². The first-order chi connectivity index (χ1) is 11.6. The van der Waals surface area contributed by atoms with Gasteiger partial charge in [-0.05, 0) is 19.4 Å². The number of rotatable bonds is 4. The molecule has 1 rings (SSSR count). The van der Waals surface area contributed by atoms with Gasteiger partial charge in [-0.2, -0.15) is 17.7 Å². The summed E-state index contributed by atoms with van der Waals surface area (Å²) in [5, 5.41) is 0. The predicted molar refractivity (Wildman–Crippen MR) is 86.9 cm³/mol. The average molecular weight is 375 g/mol. The van der Waals surface area contributed by atoms with Crippen LogP contribution in [0.15, 0.2) is 24.4 Å². The zero-order valence-corrected chi connectivity index (χ0v) is 14.9. The fourth-order valence-corrected chi connectivity index (χ4v) is 1.50. The lowest BCUT2D eigenvalue weighted by Crippen LogP contribution is -2.36. The van der Waals surface area contributed by atoms with Gasteiger partial charge in [-0.1, -0.05) is 25.2 Å². The van der Waals surface area contributed by atoms with Gasteiger partial charge in [0.1, 0.15) is 0 Å². The third kappa shape index (κ3) is 10.4. The van der Waals surface area contributed by atoms with Gasteiger partial charge in [-0.3, -0.25) is 0 Å². The second kappa shape index (κ2) is 11.5. The van der Waals surface area contributed by atoms with E-state index >= 15 is 0 Å². The van der Waals surface area contributed by atoms with Gasteiger partial charge in [0.15, 0.2) is 22.9 Å². The molecule has 138 valence electrons. The Morgan fingerprint density at radius 3 is 2.36 bits per heavy atom. The van der Waals surface area contributed by atoms with Gasteiger partial charge >= 0.3 is 5.51 Å². The molecule has 0 spiro atoms. The fourth-order valence-electron chi connectivity index (χ4n) is 1.50. The van der Waals surface area contributed by atoms with E-state index in [-0.39, 0.29) is 0 Å². The van der Waals surface area contributed by atoms with Gasteiger partial charge in [-0.25, -0.2) is 8.42 Å². The third-order valence-corrected chi connectivity index (χ3v) is 3.32. The molecule has 1 aromatic rings. The molecule has 8 heteroatoms. The Labute approximate surface area is 146 Å². The normalized spacial score (nSPS) is 10.5. The van der Waals surface area contributed by atoms with E-state index < -0.39 is 15.6 Å². The number of pyridine rings is 1. The molecule has 0 N–H and O–H groups in total. The highest BCUT2D eigenvalue weighted by Crippen LogP contribution is 2.20. The molecule has 0 saturated carbocycles. The highest BCUT2D eigenvalue weighted by molar-refractivity contribution is 7.86. The molecule has 1 heterocycles. The molecule has 0 fully saturated rings. The van der Waals surface area contributed by atoms with Crippen LogP contribution in [0.1, 0.15) is 45.2 Å². The predicted octanol–water partition coefficient (Wildman–Crippen LogP) is 2.98. The van der Waals surface area contributed by atoms with Crippen molar-refractivity contribution in [1.29, 1.82) is 0 Å². The van der Waals surface area contributed by atoms with Gasteiger partial charge in [-0.15, -0.1) is 5.92 Å². The first-order valence-corrected chi connectivity index (χ1v) is 8.93. The van der Waals surface area contributed by atoms with Crippen LogP contribution < -0.4 is 4.57 Å². The van der Waals surface area contributed by atoms with E-state index in [2.05, 4.69) is 47.4 Å². The minimum Gasteiger partial charge on any atom is -0.741 e. The Balaban J connectivity index is 0.000000609. The van der Waals surface area contributed by atoms with Gasteiger partial charge in [0.05, 0.1) is 6.42 Å². The van der Waals surface area contributed by atoms with Crippen molar-refractivity contribution in [1.82, 2.24) is 0 Å². The Morgan fingerprint density at radius 1 is 1.20 bits per heavy atom. The Morgan fingerprint density at radius 2 is 1.84 bits per heavy atom. The lowest BCUT2D eigenvalue weighted by Gasteiger charge is -2.08. The summed E-state index contributed by atoms with van der Waals surface area (Å²) in [7, 11) is -6.09. The van der Waals surface area contributed by atoms with Crippen LogP contribution in [-0.2, 0) is 16.7 Å². The lowest BCUT2D eigenvalue weighted by molar-refractivity contribution is -0.698. The van der Waals surface area contributed by atoms with Crippen molar-refractivity contribution in [3.05, 3.63) is 30.1 Å². The standard InChI is InChI=1S/C16H20N.CHF3O3S/c1-3-5-7-8-12-16-13-9-11-15-17(16)14-10-6-4-2;2-1(3,4)8(5,6)7/h9,11,13,15H,3,5,7,10,14H2,1-2H3;(H,5,6,7)/q+1;/p-1. The quantitative estimate of drug-likeness (QED) is 0.267. The van der Waals surface area contributed by atoms with Crippen molar-refractivity contribution in [3.8, 4) is 23.7 Å². The molecule has 4 nitrogen and oxygen atoms in total. The maximum atomic E-state index is 10.7. The molecule has 0 saturated heterocycles. The number of hydrogen-bond donors (Lipinski definition) is 0. The van der Waals surface area contributed by atoms with E-state index in [1.807, 2.05) is 19.1 Å². The Bertz CT molecular complexity index is 751. The third-order valence-electron chi connectivity index (χ3n) is 2.75. The summed E-state index contributed by atoms with van der Waals surface area (Å²) in [6.07, 6.45) is 6.33. The lowest BCUT2D eigenvalue weighted by atomic mass is 10.2. The molecule has 0 bridgehead atoms. The molecule has 1 aromatic heterocycles. The SMILES string of the molecule is CC#CCC[n+]1ccccc1C#CCCCC.O=S(=O)([O-])C(F)(F)F. The monoisotopic (exact) mass is 375 g/mol. The van der Waals surface area contributed by atoms with Crippen LogP contribution in [0.3, 0.4) is 0 Å². The molecule has 0 aliphatic carbocycles. The smallest absolute Gasteiger partial charge is 0.485 e. The summed E-state index contributed by atoms with van der Waals surface area (Å²) in [5.41, 5.74) is -4.56. The van der Waals surface area contributed by atoms with Crippen LogP contribution in [0.5, 0.6) is 0 Å². The first-order valence-electron chi connectivity index (χ1n) is 7.52. The minimum absolute atomic E-state index is 0.884. The van der Waals surface area contributed by atoms with Crippen LogP contribution in [0, 0.1) is 23.7 Å². The molecule has 25 heavy (non-hydrogen) atoms. The minimum atomic E-state index is -6.09. The van der Waals surface area contributed by atoms with Crippen molar-refractivity contribution in [3.63, 3.8) is 0 Å². The summed E-state index contributed by atoms with van der Waals surface area (Å²) in [6, 6.07) is 6.14. The fraction of sp³-hybridized carbons (Fsp3) is 0.471. The van der Waals surface area contributed by atoms with E-state index in [0.717, 1.165) is 25.1 Å². The highest BCUT2D eigenvalue weighted by Gasteiger charge is 2.36. The number of halogens is 3. The number of aryl methyl sites for hydroxylation is 1. The summed E-state index contributed by atoms with van der Waals surface area (Å²) in [6.45, 7) is 4.98.